The molecular weight excluding hydrogens is 266 g/mol. The quantitative estimate of drug-likeness (QED) is 0.814. The Morgan fingerprint density at radius 2 is 2.29 bits per heavy atom. The SMILES string of the molecule is CN(C)NC(=O)C(N)c1ccc(Br)s1. The van der Waals surface area contributed by atoms with Crippen molar-refractivity contribution in [2.75, 3.05) is 14.1 Å². The van der Waals surface area contributed by atoms with Crippen molar-refractivity contribution in [2.24, 2.45) is 5.73 Å². The summed E-state index contributed by atoms with van der Waals surface area (Å²) >= 11 is 4.78. The van der Waals surface area contributed by atoms with E-state index in [-0.39, 0.29) is 5.91 Å². The molecule has 0 fully saturated rings. The molecule has 0 radical (unpaired) electrons. The first kappa shape index (κ1) is 11.6. The second-order valence-corrected chi connectivity index (χ2v) is 5.48. The number of hydrogen-bond donors (Lipinski definition) is 2. The summed E-state index contributed by atoms with van der Waals surface area (Å²) in [5, 5.41) is 1.57. The molecule has 0 spiro atoms. The number of rotatable bonds is 3. The van der Waals surface area contributed by atoms with E-state index >= 15 is 0 Å². The molecule has 0 aliphatic carbocycles. The molecule has 0 saturated heterocycles. The van der Waals surface area contributed by atoms with Crippen LogP contribution in [-0.4, -0.2) is 25.0 Å². The number of hydrazine groups is 1. The van der Waals surface area contributed by atoms with Crippen molar-refractivity contribution in [3.8, 4) is 0 Å². The number of nitrogens with one attached hydrogen (secondary N) is 1. The molecule has 1 heterocycles. The second kappa shape index (κ2) is 4.88. The van der Waals surface area contributed by atoms with E-state index in [1.807, 2.05) is 12.1 Å². The van der Waals surface area contributed by atoms with Crippen LogP contribution in [0.1, 0.15) is 10.9 Å². The van der Waals surface area contributed by atoms with Gasteiger partial charge in [-0.05, 0) is 28.1 Å². The summed E-state index contributed by atoms with van der Waals surface area (Å²) in [6.45, 7) is 0. The Morgan fingerprint density at radius 1 is 1.64 bits per heavy atom. The molecule has 6 heteroatoms. The Balaban J connectivity index is 2.65. The average molecular weight is 278 g/mol. The maximum absolute atomic E-state index is 11.5. The van der Waals surface area contributed by atoms with Crippen LogP contribution in [-0.2, 0) is 4.79 Å². The lowest BCUT2D eigenvalue weighted by atomic mass is 10.2. The minimum absolute atomic E-state index is 0.204. The molecule has 1 amide bonds. The fraction of sp³-hybridized carbons (Fsp3) is 0.375. The van der Waals surface area contributed by atoms with E-state index in [0.717, 1.165) is 8.66 Å². The maximum atomic E-state index is 11.5. The summed E-state index contributed by atoms with van der Waals surface area (Å²) in [5.74, 6) is -0.204. The lowest BCUT2D eigenvalue weighted by Crippen LogP contribution is -2.41. The van der Waals surface area contributed by atoms with Gasteiger partial charge in [-0.1, -0.05) is 0 Å². The van der Waals surface area contributed by atoms with Crippen LogP contribution in [0.5, 0.6) is 0 Å². The summed E-state index contributed by atoms with van der Waals surface area (Å²) in [5.41, 5.74) is 8.36. The van der Waals surface area contributed by atoms with Crippen molar-refractivity contribution in [2.45, 2.75) is 6.04 Å². The largest absolute Gasteiger partial charge is 0.315 e. The van der Waals surface area contributed by atoms with E-state index in [0.29, 0.717) is 0 Å². The van der Waals surface area contributed by atoms with Crippen molar-refractivity contribution in [1.29, 1.82) is 0 Å². The third-order valence-electron chi connectivity index (χ3n) is 1.52. The highest BCUT2D eigenvalue weighted by molar-refractivity contribution is 9.11. The zero-order valence-electron chi connectivity index (χ0n) is 7.95. The van der Waals surface area contributed by atoms with Gasteiger partial charge in [0.2, 0.25) is 0 Å². The number of carbonyl (C=O) groups is 1. The molecule has 1 atom stereocenters. The zero-order valence-corrected chi connectivity index (χ0v) is 10.4. The molecule has 1 unspecified atom stereocenters. The van der Waals surface area contributed by atoms with Crippen LogP contribution in [0.25, 0.3) is 0 Å². The van der Waals surface area contributed by atoms with E-state index in [4.69, 9.17) is 5.73 Å². The lowest BCUT2D eigenvalue weighted by Gasteiger charge is -2.15. The number of nitrogens with zero attached hydrogens (tertiary/aromatic N) is 1. The molecule has 1 rings (SSSR count). The molecule has 0 aromatic carbocycles. The monoisotopic (exact) mass is 277 g/mol. The van der Waals surface area contributed by atoms with Crippen LogP contribution in [0.2, 0.25) is 0 Å². The third-order valence-corrected chi connectivity index (χ3v) is 3.22. The van der Waals surface area contributed by atoms with Gasteiger partial charge < -0.3 is 5.73 Å². The van der Waals surface area contributed by atoms with Crippen molar-refractivity contribution < 1.29 is 4.79 Å². The van der Waals surface area contributed by atoms with Crippen LogP contribution in [0, 0.1) is 0 Å². The van der Waals surface area contributed by atoms with E-state index in [9.17, 15) is 4.79 Å². The van der Waals surface area contributed by atoms with Crippen molar-refractivity contribution in [3.05, 3.63) is 20.8 Å². The molecule has 14 heavy (non-hydrogen) atoms. The highest BCUT2D eigenvalue weighted by Gasteiger charge is 2.17. The minimum Gasteiger partial charge on any atom is -0.315 e. The van der Waals surface area contributed by atoms with Crippen LogP contribution in [0.3, 0.4) is 0 Å². The van der Waals surface area contributed by atoms with Gasteiger partial charge in [0.25, 0.3) is 5.91 Å². The smallest absolute Gasteiger partial charge is 0.256 e. The van der Waals surface area contributed by atoms with Gasteiger partial charge in [0.15, 0.2) is 0 Å². The van der Waals surface area contributed by atoms with Gasteiger partial charge >= 0.3 is 0 Å². The predicted octanol–water partition coefficient (Wildman–Crippen LogP) is 1.10. The van der Waals surface area contributed by atoms with Crippen LogP contribution < -0.4 is 11.2 Å². The standard InChI is InChI=1S/C8H12BrN3OS/c1-12(2)11-8(13)7(10)5-3-4-6(9)14-5/h3-4,7H,10H2,1-2H3,(H,11,13). The second-order valence-electron chi connectivity index (χ2n) is 2.99. The highest BCUT2D eigenvalue weighted by atomic mass is 79.9. The van der Waals surface area contributed by atoms with Gasteiger partial charge in [-0.3, -0.25) is 10.2 Å². The Labute approximate surface area is 95.2 Å². The van der Waals surface area contributed by atoms with Crippen molar-refractivity contribution in [1.82, 2.24) is 10.4 Å². The number of amides is 1. The first-order chi connectivity index (χ1) is 6.50. The predicted molar refractivity (Wildman–Crippen MR) is 60.8 cm³/mol. The van der Waals surface area contributed by atoms with E-state index in [1.165, 1.54) is 11.3 Å². The lowest BCUT2D eigenvalue weighted by molar-refractivity contribution is -0.126. The van der Waals surface area contributed by atoms with Crippen molar-refractivity contribution in [3.63, 3.8) is 0 Å². The highest BCUT2D eigenvalue weighted by Crippen LogP contribution is 2.26. The third kappa shape index (κ3) is 3.06. The van der Waals surface area contributed by atoms with Gasteiger partial charge in [0, 0.05) is 19.0 Å². The van der Waals surface area contributed by atoms with Gasteiger partial charge in [-0.2, -0.15) is 0 Å². The number of nitrogens with two attached hydrogens (primary N) is 1. The first-order valence-corrected chi connectivity index (χ1v) is 5.60. The minimum atomic E-state index is -0.603. The van der Waals surface area contributed by atoms with E-state index in [2.05, 4.69) is 21.4 Å². The Bertz CT molecular complexity index is 326. The Hall–Kier alpha value is -0.430. The fourth-order valence-corrected chi connectivity index (χ4v) is 2.34. The molecule has 1 aromatic heterocycles. The molecule has 3 N–H and O–H groups in total. The molecule has 4 nitrogen and oxygen atoms in total. The van der Waals surface area contributed by atoms with Gasteiger partial charge in [0.05, 0.1) is 3.79 Å². The fourth-order valence-electron chi connectivity index (χ4n) is 0.915. The van der Waals surface area contributed by atoms with E-state index in [1.54, 1.807) is 19.1 Å². The Kier molecular flexibility index (Phi) is 4.06. The molecule has 0 aliphatic heterocycles. The number of carbonyl (C=O) groups excluding carboxylic acids is 1. The molecular formula is C8H12BrN3OS. The van der Waals surface area contributed by atoms with Crippen molar-refractivity contribution >= 4 is 33.2 Å². The summed E-state index contributed by atoms with van der Waals surface area (Å²) in [7, 11) is 3.49. The zero-order chi connectivity index (χ0) is 10.7. The van der Waals surface area contributed by atoms with Crippen LogP contribution >= 0.6 is 27.3 Å². The van der Waals surface area contributed by atoms with Crippen LogP contribution in [0.4, 0.5) is 0 Å². The molecule has 78 valence electrons. The Morgan fingerprint density at radius 3 is 2.71 bits per heavy atom. The molecule has 0 saturated carbocycles. The van der Waals surface area contributed by atoms with Gasteiger partial charge in [-0.15, -0.1) is 11.3 Å². The average Bonchev–Trinajstić information content (AvgIpc) is 2.49. The number of halogens is 1. The summed E-state index contributed by atoms with van der Waals surface area (Å²) < 4.78 is 0.973. The van der Waals surface area contributed by atoms with Crippen LogP contribution in [0.15, 0.2) is 15.9 Å². The summed E-state index contributed by atoms with van der Waals surface area (Å²) in [6, 6.07) is 3.12. The molecule has 1 aromatic rings. The summed E-state index contributed by atoms with van der Waals surface area (Å²) in [4.78, 5) is 12.3. The number of hydrogen-bond acceptors (Lipinski definition) is 4. The first-order valence-electron chi connectivity index (χ1n) is 3.99. The van der Waals surface area contributed by atoms with Gasteiger partial charge in [-0.25, -0.2) is 5.01 Å². The normalized spacial score (nSPS) is 12.9. The number of thiophene rings is 1. The maximum Gasteiger partial charge on any atom is 0.256 e. The van der Waals surface area contributed by atoms with E-state index < -0.39 is 6.04 Å². The molecule has 0 aliphatic rings. The molecule has 0 bridgehead atoms. The van der Waals surface area contributed by atoms with Gasteiger partial charge in [0.1, 0.15) is 6.04 Å². The topological polar surface area (TPSA) is 58.4 Å². The summed E-state index contributed by atoms with van der Waals surface area (Å²) in [6.07, 6.45) is 0.